The van der Waals surface area contributed by atoms with Crippen molar-refractivity contribution in [2.45, 2.75) is 13.0 Å². The Morgan fingerprint density at radius 2 is 2.58 bits per heavy atom. The van der Waals surface area contributed by atoms with Crippen LogP contribution < -0.4 is 5.32 Å². The quantitative estimate of drug-likeness (QED) is 0.661. The first-order valence-corrected chi connectivity index (χ1v) is 3.54. The van der Waals surface area contributed by atoms with E-state index in [-0.39, 0.29) is 17.7 Å². The van der Waals surface area contributed by atoms with E-state index < -0.39 is 0 Å². The van der Waals surface area contributed by atoms with Gasteiger partial charge in [0.2, 0.25) is 0 Å². The fraction of sp³-hybridized carbons (Fsp3) is 0.222. The molecule has 0 aliphatic rings. The van der Waals surface area contributed by atoms with Crippen LogP contribution in [0.3, 0.4) is 0 Å². The van der Waals surface area contributed by atoms with Crippen molar-refractivity contribution in [3.63, 3.8) is 0 Å². The highest BCUT2D eigenvalue weighted by molar-refractivity contribution is 5.91. The van der Waals surface area contributed by atoms with E-state index in [4.69, 9.17) is 10.8 Å². The van der Waals surface area contributed by atoms with Crippen LogP contribution >= 0.6 is 0 Å². The molecule has 1 atom stereocenters. The highest BCUT2D eigenvalue weighted by Crippen LogP contribution is 1.99. The van der Waals surface area contributed by atoms with Crippen molar-refractivity contribution in [2.75, 3.05) is 0 Å². The minimum absolute atomic E-state index is 0.275. The van der Waals surface area contributed by atoms with Crippen molar-refractivity contribution in [1.82, 2.24) is 5.32 Å². The summed E-state index contributed by atoms with van der Waals surface area (Å²) in [4.78, 5) is 11.2. The Labute approximate surface area is 70.8 Å². The van der Waals surface area contributed by atoms with Gasteiger partial charge in [0.1, 0.15) is 0 Å². The summed E-state index contributed by atoms with van der Waals surface area (Å²) >= 11 is 0. The summed E-state index contributed by atoms with van der Waals surface area (Å²) in [6, 6.07) is 2.95. The van der Waals surface area contributed by atoms with Crippen LogP contribution in [0.5, 0.6) is 0 Å². The first-order chi connectivity index (χ1) is 5.74. The fourth-order valence-corrected chi connectivity index (χ4v) is 0.717. The second kappa shape index (κ2) is 3.63. The standard InChI is InChI=1S/C9H9NO2/c1-3-7(2)10-9(11)8-5-4-6-12-8/h1,4-7H,2H3,(H,10,11). The Balaban J connectivity index is 2.57. The van der Waals surface area contributed by atoms with E-state index in [0.29, 0.717) is 0 Å². The van der Waals surface area contributed by atoms with Gasteiger partial charge < -0.3 is 9.73 Å². The first-order valence-electron chi connectivity index (χ1n) is 3.54. The lowest BCUT2D eigenvalue weighted by Crippen LogP contribution is -2.30. The molecule has 0 saturated heterocycles. The summed E-state index contributed by atoms with van der Waals surface area (Å²) in [5.74, 6) is 2.37. The molecular formula is C9H9NO2. The van der Waals surface area contributed by atoms with Crippen molar-refractivity contribution in [3.8, 4) is 12.3 Å². The van der Waals surface area contributed by atoms with Gasteiger partial charge >= 0.3 is 0 Å². The van der Waals surface area contributed by atoms with Gasteiger partial charge in [0, 0.05) is 0 Å². The van der Waals surface area contributed by atoms with E-state index in [1.165, 1.54) is 6.26 Å². The highest BCUT2D eigenvalue weighted by atomic mass is 16.3. The third-order valence-electron chi connectivity index (χ3n) is 1.34. The normalized spacial score (nSPS) is 11.7. The van der Waals surface area contributed by atoms with Crippen LogP contribution in [0, 0.1) is 12.3 Å². The molecule has 62 valence electrons. The van der Waals surface area contributed by atoms with Gasteiger partial charge in [-0.3, -0.25) is 4.79 Å². The number of amides is 1. The molecule has 1 amide bonds. The molecule has 1 aromatic heterocycles. The van der Waals surface area contributed by atoms with E-state index in [9.17, 15) is 4.79 Å². The molecule has 0 aliphatic heterocycles. The van der Waals surface area contributed by atoms with Crippen LogP contribution in [-0.2, 0) is 0 Å². The summed E-state index contributed by atoms with van der Waals surface area (Å²) in [6.07, 6.45) is 6.52. The lowest BCUT2D eigenvalue weighted by molar-refractivity contribution is 0.0920. The van der Waals surface area contributed by atoms with E-state index in [1.807, 2.05) is 0 Å². The zero-order chi connectivity index (χ0) is 8.97. The van der Waals surface area contributed by atoms with Gasteiger partial charge in [-0.1, -0.05) is 5.92 Å². The van der Waals surface area contributed by atoms with Crippen LogP contribution in [0.1, 0.15) is 17.5 Å². The molecule has 3 nitrogen and oxygen atoms in total. The highest BCUT2D eigenvalue weighted by Gasteiger charge is 2.09. The number of carbonyl (C=O) groups is 1. The smallest absolute Gasteiger partial charge is 0.287 e. The molecule has 3 heteroatoms. The Morgan fingerprint density at radius 1 is 1.83 bits per heavy atom. The molecule has 0 saturated carbocycles. The molecule has 0 aromatic carbocycles. The number of terminal acetylenes is 1. The average molecular weight is 163 g/mol. The third-order valence-corrected chi connectivity index (χ3v) is 1.34. The van der Waals surface area contributed by atoms with Gasteiger partial charge in [-0.05, 0) is 19.1 Å². The first kappa shape index (κ1) is 8.41. The largest absolute Gasteiger partial charge is 0.459 e. The molecule has 1 N–H and O–H groups in total. The summed E-state index contributed by atoms with van der Waals surface area (Å²) in [6.45, 7) is 1.72. The molecule has 0 aliphatic carbocycles. The van der Waals surface area contributed by atoms with Crippen LogP contribution in [0.4, 0.5) is 0 Å². The molecule has 0 radical (unpaired) electrons. The number of hydrogen-bond acceptors (Lipinski definition) is 2. The number of rotatable bonds is 2. The minimum atomic E-state index is -0.287. The average Bonchev–Trinajstić information content (AvgIpc) is 2.56. The maximum atomic E-state index is 11.2. The van der Waals surface area contributed by atoms with Gasteiger partial charge in [-0.15, -0.1) is 6.42 Å². The molecule has 0 fully saturated rings. The van der Waals surface area contributed by atoms with Gasteiger partial charge in [0.05, 0.1) is 12.3 Å². The van der Waals surface area contributed by atoms with Crippen LogP contribution in [0.15, 0.2) is 22.8 Å². The predicted octanol–water partition coefficient (Wildman–Crippen LogP) is 1.03. The molecule has 1 heterocycles. The van der Waals surface area contributed by atoms with Gasteiger partial charge in [-0.2, -0.15) is 0 Å². The lowest BCUT2D eigenvalue weighted by atomic mass is 10.3. The summed E-state index contributed by atoms with van der Waals surface area (Å²) in [5, 5.41) is 2.56. The molecule has 0 bridgehead atoms. The summed E-state index contributed by atoms with van der Waals surface area (Å²) < 4.78 is 4.86. The SMILES string of the molecule is C#CC(C)NC(=O)c1ccco1. The lowest BCUT2D eigenvalue weighted by Gasteiger charge is -2.04. The summed E-state index contributed by atoms with van der Waals surface area (Å²) in [5.41, 5.74) is 0. The molecule has 1 aromatic rings. The molecule has 12 heavy (non-hydrogen) atoms. The van der Waals surface area contributed by atoms with Crippen LogP contribution in [-0.4, -0.2) is 11.9 Å². The maximum absolute atomic E-state index is 11.2. The van der Waals surface area contributed by atoms with Gasteiger partial charge in [0.15, 0.2) is 5.76 Å². The zero-order valence-corrected chi connectivity index (χ0v) is 6.70. The second-order valence-corrected chi connectivity index (χ2v) is 2.34. The van der Waals surface area contributed by atoms with E-state index >= 15 is 0 Å². The van der Waals surface area contributed by atoms with Crippen molar-refractivity contribution in [3.05, 3.63) is 24.2 Å². The Bertz CT molecular complexity index is 295. The minimum Gasteiger partial charge on any atom is -0.459 e. The van der Waals surface area contributed by atoms with Crippen molar-refractivity contribution < 1.29 is 9.21 Å². The van der Waals surface area contributed by atoms with Crippen molar-refractivity contribution >= 4 is 5.91 Å². The molecule has 0 spiro atoms. The van der Waals surface area contributed by atoms with Crippen LogP contribution in [0.25, 0.3) is 0 Å². The molecular weight excluding hydrogens is 154 g/mol. The third kappa shape index (κ3) is 1.89. The maximum Gasteiger partial charge on any atom is 0.287 e. The van der Waals surface area contributed by atoms with E-state index in [1.54, 1.807) is 19.1 Å². The Morgan fingerprint density at radius 3 is 3.08 bits per heavy atom. The van der Waals surface area contributed by atoms with Gasteiger partial charge in [0.25, 0.3) is 5.91 Å². The van der Waals surface area contributed by atoms with E-state index in [0.717, 1.165) is 0 Å². The predicted molar refractivity (Wildman–Crippen MR) is 44.5 cm³/mol. The topological polar surface area (TPSA) is 42.2 Å². The Hall–Kier alpha value is -1.69. The summed E-state index contributed by atoms with van der Waals surface area (Å²) in [7, 11) is 0. The van der Waals surface area contributed by atoms with Gasteiger partial charge in [-0.25, -0.2) is 0 Å². The number of hydrogen-bond donors (Lipinski definition) is 1. The van der Waals surface area contributed by atoms with Crippen molar-refractivity contribution in [1.29, 1.82) is 0 Å². The molecule has 1 unspecified atom stereocenters. The number of nitrogens with one attached hydrogen (secondary N) is 1. The Kier molecular flexibility index (Phi) is 2.54. The monoisotopic (exact) mass is 163 g/mol. The fourth-order valence-electron chi connectivity index (χ4n) is 0.717. The van der Waals surface area contributed by atoms with Crippen molar-refractivity contribution in [2.24, 2.45) is 0 Å². The zero-order valence-electron chi connectivity index (χ0n) is 6.70. The second-order valence-electron chi connectivity index (χ2n) is 2.34. The van der Waals surface area contributed by atoms with E-state index in [2.05, 4.69) is 11.2 Å². The molecule has 1 rings (SSSR count). The van der Waals surface area contributed by atoms with Crippen LogP contribution in [0.2, 0.25) is 0 Å². The number of furan rings is 1. The number of carbonyl (C=O) groups excluding carboxylic acids is 1.